The van der Waals surface area contributed by atoms with Gasteiger partial charge in [-0.25, -0.2) is 0 Å². The molecule has 132 valence electrons. The van der Waals surface area contributed by atoms with Crippen LogP contribution in [0.15, 0.2) is 54.9 Å². The highest BCUT2D eigenvalue weighted by molar-refractivity contribution is 5.88. The molecule has 4 aromatic rings. The number of ether oxygens (including phenoxy) is 1. The van der Waals surface area contributed by atoms with Crippen LogP contribution in [-0.4, -0.2) is 39.5 Å². The second-order valence-electron chi connectivity index (χ2n) is 6.45. The van der Waals surface area contributed by atoms with Gasteiger partial charge in [0.2, 0.25) is 0 Å². The van der Waals surface area contributed by atoms with Gasteiger partial charge in [0.25, 0.3) is 0 Å². The molecule has 2 aromatic heterocycles. The maximum absolute atomic E-state index is 5.30. The van der Waals surface area contributed by atoms with Crippen molar-refractivity contribution in [2.45, 2.75) is 13.1 Å². The Morgan fingerprint density at radius 3 is 2.62 bits per heavy atom. The number of hydrogen-bond donors (Lipinski definition) is 2. The fourth-order valence-electron chi connectivity index (χ4n) is 3.20. The summed E-state index contributed by atoms with van der Waals surface area (Å²) in [7, 11) is 3.77. The molecule has 0 saturated carbocycles. The summed E-state index contributed by atoms with van der Waals surface area (Å²) in [5.41, 5.74) is 4.45. The van der Waals surface area contributed by atoms with Crippen LogP contribution in [0.25, 0.3) is 22.0 Å². The Morgan fingerprint density at radius 2 is 1.81 bits per heavy atom. The summed E-state index contributed by atoms with van der Waals surface area (Å²) >= 11 is 0. The molecule has 0 unspecified atom stereocenters. The first kappa shape index (κ1) is 16.4. The summed E-state index contributed by atoms with van der Waals surface area (Å²) in [5.74, 6) is 0.868. The highest BCUT2D eigenvalue weighted by Crippen LogP contribution is 2.28. The first-order valence-electron chi connectivity index (χ1n) is 8.50. The van der Waals surface area contributed by atoms with Gasteiger partial charge in [0.1, 0.15) is 5.75 Å². The van der Waals surface area contributed by atoms with Crippen molar-refractivity contribution in [2.24, 2.45) is 0 Å². The molecular weight excluding hydrogens is 326 g/mol. The average Bonchev–Trinajstić information content (AvgIpc) is 3.32. The topological polar surface area (TPSA) is 69.8 Å². The van der Waals surface area contributed by atoms with Gasteiger partial charge >= 0.3 is 0 Å². The van der Waals surface area contributed by atoms with Crippen molar-refractivity contribution in [1.29, 1.82) is 0 Å². The Balaban J connectivity index is 1.58. The zero-order chi connectivity index (χ0) is 17.9. The van der Waals surface area contributed by atoms with Gasteiger partial charge in [0.05, 0.1) is 19.0 Å². The van der Waals surface area contributed by atoms with Crippen molar-refractivity contribution in [1.82, 2.24) is 25.3 Å². The lowest BCUT2D eigenvalue weighted by molar-refractivity contribution is 0.315. The van der Waals surface area contributed by atoms with E-state index in [1.54, 1.807) is 13.3 Å². The Kier molecular flexibility index (Phi) is 4.41. The summed E-state index contributed by atoms with van der Waals surface area (Å²) in [5, 5.41) is 16.7. The summed E-state index contributed by atoms with van der Waals surface area (Å²) < 4.78 is 5.30. The van der Waals surface area contributed by atoms with Crippen LogP contribution in [0.3, 0.4) is 0 Å². The fourth-order valence-corrected chi connectivity index (χ4v) is 3.20. The standard InChI is InChI=1S/C20H21N5O/c1-25(13-18-7-8-21-23-18)12-17-11-22-24-20(17)16-4-3-15-10-19(26-2)6-5-14(15)9-16/h3-11H,12-13H2,1-2H3,(H,21,23)(H,22,24). The molecule has 0 spiro atoms. The molecule has 0 fully saturated rings. The van der Waals surface area contributed by atoms with E-state index in [4.69, 9.17) is 4.74 Å². The van der Waals surface area contributed by atoms with Gasteiger partial charge < -0.3 is 4.74 Å². The lowest BCUT2D eigenvalue weighted by atomic mass is 10.0. The van der Waals surface area contributed by atoms with E-state index < -0.39 is 0 Å². The van der Waals surface area contributed by atoms with E-state index in [1.165, 1.54) is 10.9 Å². The molecule has 2 N–H and O–H groups in total. The maximum Gasteiger partial charge on any atom is 0.119 e. The van der Waals surface area contributed by atoms with Gasteiger partial charge in [-0.1, -0.05) is 18.2 Å². The van der Waals surface area contributed by atoms with Crippen molar-refractivity contribution in [3.05, 3.63) is 66.1 Å². The minimum absolute atomic E-state index is 0.797. The summed E-state index contributed by atoms with van der Waals surface area (Å²) in [6.07, 6.45) is 3.67. The second-order valence-corrected chi connectivity index (χ2v) is 6.45. The van der Waals surface area contributed by atoms with Crippen molar-refractivity contribution in [3.8, 4) is 17.0 Å². The number of benzene rings is 2. The minimum Gasteiger partial charge on any atom is -0.497 e. The predicted molar refractivity (Wildman–Crippen MR) is 102 cm³/mol. The Morgan fingerprint density at radius 1 is 0.962 bits per heavy atom. The van der Waals surface area contributed by atoms with E-state index in [0.717, 1.165) is 41.2 Å². The first-order valence-corrected chi connectivity index (χ1v) is 8.50. The van der Waals surface area contributed by atoms with Crippen LogP contribution in [0.5, 0.6) is 5.75 Å². The molecule has 0 amide bonds. The van der Waals surface area contributed by atoms with E-state index in [-0.39, 0.29) is 0 Å². The highest BCUT2D eigenvalue weighted by atomic mass is 16.5. The van der Waals surface area contributed by atoms with Crippen LogP contribution in [0, 0.1) is 0 Å². The third kappa shape index (κ3) is 3.32. The van der Waals surface area contributed by atoms with Crippen LogP contribution in [0.2, 0.25) is 0 Å². The minimum atomic E-state index is 0.797. The molecule has 2 heterocycles. The van der Waals surface area contributed by atoms with Crippen LogP contribution in [0.1, 0.15) is 11.3 Å². The number of aromatic amines is 2. The Bertz CT molecular complexity index is 1010. The van der Waals surface area contributed by atoms with Crippen molar-refractivity contribution in [2.75, 3.05) is 14.2 Å². The molecular formula is C20H21N5O. The number of nitrogens with one attached hydrogen (secondary N) is 2. The van der Waals surface area contributed by atoms with Gasteiger partial charge in [-0.3, -0.25) is 15.1 Å². The first-order chi connectivity index (χ1) is 12.7. The number of rotatable bonds is 6. The second kappa shape index (κ2) is 7.01. The average molecular weight is 347 g/mol. The summed E-state index contributed by atoms with van der Waals surface area (Å²) in [4.78, 5) is 2.23. The zero-order valence-electron chi connectivity index (χ0n) is 14.9. The molecule has 0 bridgehead atoms. The van der Waals surface area contributed by atoms with Gasteiger partial charge in [-0.2, -0.15) is 10.2 Å². The molecule has 0 aliphatic heterocycles. The van der Waals surface area contributed by atoms with Gasteiger partial charge in [-0.05, 0) is 42.1 Å². The van der Waals surface area contributed by atoms with Gasteiger partial charge in [0.15, 0.2) is 0 Å². The number of methoxy groups -OCH3 is 1. The SMILES string of the molecule is COc1ccc2cc(-c3[nH]ncc3CN(C)Cc3ccn[nH]3)ccc2c1. The maximum atomic E-state index is 5.30. The Hall–Kier alpha value is -3.12. The quantitative estimate of drug-likeness (QED) is 0.559. The van der Waals surface area contributed by atoms with Crippen LogP contribution in [0.4, 0.5) is 0 Å². The van der Waals surface area contributed by atoms with E-state index >= 15 is 0 Å². The van der Waals surface area contributed by atoms with E-state index in [9.17, 15) is 0 Å². The van der Waals surface area contributed by atoms with Crippen molar-refractivity contribution >= 4 is 10.8 Å². The number of fused-ring (bicyclic) bond motifs is 1. The van der Waals surface area contributed by atoms with Crippen molar-refractivity contribution in [3.63, 3.8) is 0 Å². The molecule has 0 aliphatic carbocycles. The lowest BCUT2D eigenvalue weighted by Crippen LogP contribution is -2.17. The third-order valence-electron chi connectivity index (χ3n) is 4.49. The molecule has 26 heavy (non-hydrogen) atoms. The van der Waals surface area contributed by atoms with Crippen LogP contribution in [-0.2, 0) is 13.1 Å². The third-order valence-corrected chi connectivity index (χ3v) is 4.49. The zero-order valence-corrected chi connectivity index (χ0v) is 14.9. The largest absolute Gasteiger partial charge is 0.497 e. The Labute approximate surface area is 151 Å². The molecule has 6 heteroatoms. The summed E-state index contributed by atoms with van der Waals surface area (Å²) in [6.45, 7) is 1.60. The molecule has 2 aromatic carbocycles. The van der Waals surface area contributed by atoms with Crippen LogP contribution < -0.4 is 4.74 Å². The molecule has 0 atom stereocenters. The highest BCUT2D eigenvalue weighted by Gasteiger charge is 2.11. The molecule has 0 aliphatic rings. The van der Waals surface area contributed by atoms with E-state index in [2.05, 4.69) is 56.6 Å². The molecule has 6 nitrogen and oxygen atoms in total. The van der Waals surface area contributed by atoms with Crippen LogP contribution >= 0.6 is 0 Å². The van der Waals surface area contributed by atoms with E-state index in [1.807, 2.05) is 24.4 Å². The van der Waals surface area contributed by atoms with Gasteiger partial charge in [0, 0.05) is 36.1 Å². The molecule has 0 saturated heterocycles. The number of H-pyrrole nitrogens is 2. The number of nitrogens with zero attached hydrogens (tertiary/aromatic N) is 3. The molecule has 4 rings (SSSR count). The predicted octanol–water partition coefficient (Wildman–Crippen LogP) is 3.59. The number of hydrogen-bond acceptors (Lipinski definition) is 4. The monoisotopic (exact) mass is 347 g/mol. The van der Waals surface area contributed by atoms with Crippen molar-refractivity contribution < 1.29 is 4.74 Å². The lowest BCUT2D eigenvalue weighted by Gasteiger charge is -2.15. The smallest absolute Gasteiger partial charge is 0.119 e. The van der Waals surface area contributed by atoms with Gasteiger partial charge in [-0.15, -0.1) is 0 Å². The fraction of sp³-hybridized carbons (Fsp3) is 0.200. The van der Waals surface area contributed by atoms with E-state index in [0.29, 0.717) is 0 Å². The normalized spacial score (nSPS) is 11.3. The molecule has 0 radical (unpaired) electrons. The number of aromatic nitrogens is 4. The summed E-state index contributed by atoms with van der Waals surface area (Å²) in [6, 6.07) is 14.5.